The van der Waals surface area contributed by atoms with Gasteiger partial charge in [-0.1, -0.05) is 19.1 Å². The number of benzene rings is 1. The molecule has 0 aromatic heterocycles. The van der Waals surface area contributed by atoms with Crippen LogP contribution in [0.15, 0.2) is 24.3 Å². The second-order valence-electron chi connectivity index (χ2n) is 7.30. The first-order chi connectivity index (χ1) is 13.0. The monoisotopic (exact) mass is 378 g/mol. The summed E-state index contributed by atoms with van der Waals surface area (Å²) in [4.78, 5) is 26.4. The van der Waals surface area contributed by atoms with Gasteiger partial charge in [-0.05, 0) is 55.7 Å². The summed E-state index contributed by atoms with van der Waals surface area (Å²) in [6, 6.07) is 7.67. The number of aryl methyl sites for hydroxylation is 1. The number of amides is 2. The number of likely N-dealkylation sites (tertiary alicyclic amines) is 1. The zero-order valence-corrected chi connectivity index (χ0v) is 16.1. The fraction of sp³-hybridized carbons (Fsp3) is 0.600. The van der Waals surface area contributed by atoms with Crippen LogP contribution in [0.5, 0.6) is 5.75 Å². The number of rotatable bonds is 8. The molecule has 1 aromatic carbocycles. The van der Waals surface area contributed by atoms with Gasteiger partial charge in [-0.15, -0.1) is 0 Å². The molecule has 0 spiro atoms. The number of carbonyl (C=O) groups excluding carboxylic acids is 2. The van der Waals surface area contributed by atoms with Crippen LogP contribution in [0.3, 0.4) is 0 Å². The molecule has 1 saturated heterocycles. The average Bonchev–Trinajstić information content (AvgIpc) is 2.70. The number of piperidine rings is 1. The molecule has 0 aliphatic carbocycles. The van der Waals surface area contributed by atoms with E-state index < -0.39 is 17.9 Å². The van der Waals surface area contributed by atoms with Crippen LogP contribution in [0.2, 0.25) is 0 Å². The van der Waals surface area contributed by atoms with Gasteiger partial charge in [-0.2, -0.15) is 0 Å². The maximum absolute atomic E-state index is 12.9. The summed E-state index contributed by atoms with van der Waals surface area (Å²) >= 11 is 0. The standard InChI is InChI=1S/C20H30N2O5/c1-14-5-4-12-22(13-14)20(25)17(18(23)19(24)21-26)7-3-6-15-8-10-16(27-2)11-9-15/h8-11,14,17-18,23,26H,3-7,12-13H2,1-2H3,(H,21,24)/t14-,17-,18+/m1/s1. The number of methoxy groups -OCH3 is 1. The van der Waals surface area contributed by atoms with Gasteiger partial charge in [0, 0.05) is 13.1 Å². The van der Waals surface area contributed by atoms with Crippen LogP contribution in [0.4, 0.5) is 0 Å². The van der Waals surface area contributed by atoms with Crippen molar-refractivity contribution in [2.75, 3.05) is 20.2 Å². The molecule has 3 atom stereocenters. The summed E-state index contributed by atoms with van der Waals surface area (Å²) in [5, 5.41) is 19.1. The minimum absolute atomic E-state index is 0.215. The van der Waals surface area contributed by atoms with Gasteiger partial charge in [0.2, 0.25) is 5.91 Å². The van der Waals surface area contributed by atoms with Gasteiger partial charge >= 0.3 is 0 Å². The molecule has 0 radical (unpaired) electrons. The normalized spacial score (nSPS) is 19.3. The number of aliphatic hydroxyl groups is 1. The van der Waals surface area contributed by atoms with Crippen molar-refractivity contribution in [2.24, 2.45) is 11.8 Å². The molecule has 0 bridgehead atoms. The van der Waals surface area contributed by atoms with Gasteiger partial charge in [-0.25, -0.2) is 5.48 Å². The van der Waals surface area contributed by atoms with Crippen molar-refractivity contribution in [3.63, 3.8) is 0 Å². The quantitative estimate of drug-likeness (QED) is 0.473. The second-order valence-corrected chi connectivity index (χ2v) is 7.30. The summed E-state index contributed by atoms with van der Waals surface area (Å²) in [5.41, 5.74) is 2.55. The highest BCUT2D eigenvalue weighted by atomic mass is 16.5. The summed E-state index contributed by atoms with van der Waals surface area (Å²) in [7, 11) is 1.61. The first kappa shape index (κ1) is 21.2. The molecule has 1 aromatic rings. The van der Waals surface area contributed by atoms with Gasteiger partial charge in [0.15, 0.2) is 0 Å². The Balaban J connectivity index is 2.00. The van der Waals surface area contributed by atoms with E-state index >= 15 is 0 Å². The predicted molar refractivity (Wildman–Crippen MR) is 100 cm³/mol. The van der Waals surface area contributed by atoms with Crippen molar-refractivity contribution in [1.29, 1.82) is 0 Å². The lowest BCUT2D eigenvalue weighted by molar-refractivity contribution is -0.151. The first-order valence-corrected chi connectivity index (χ1v) is 9.50. The molecule has 0 saturated carbocycles. The Morgan fingerprint density at radius 1 is 1.33 bits per heavy atom. The molecule has 0 unspecified atom stereocenters. The first-order valence-electron chi connectivity index (χ1n) is 9.50. The van der Waals surface area contributed by atoms with E-state index in [0.29, 0.717) is 31.8 Å². The Hall–Kier alpha value is -2.12. The van der Waals surface area contributed by atoms with Crippen molar-refractivity contribution in [3.05, 3.63) is 29.8 Å². The topological polar surface area (TPSA) is 99.1 Å². The van der Waals surface area contributed by atoms with Crippen molar-refractivity contribution in [3.8, 4) is 5.75 Å². The molecular formula is C20H30N2O5. The van der Waals surface area contributed by atoms with E-state index in [1.165, 1.54) is 5.48 Å². The minimum atomic E-state index is -1.56. The Morgan fingerprint density at radius 2 is 2.04 bits per heavy atom. The van der Waals surface area contributed by atoms with E-state index in [-0.39, 0.29) is 5.91 Å². The molecule has 7 nitrogen and oxygen atoms in total. The summed E-state index contributed by atoms with van der Waals surface area (Å²) in [6.45, 7) is 3.38. The molecular weight excluding hydrogens is 348 g/mol. The summed E-state index contributed by atoms with van der Waals surface area (Å²) in [5.74, 6) is -0.830. The van der Waals surface area contributed by atoms with Gasteiger partial charge in [0.25, 0.3) is 5.91 Å². The van der Waals surface area contributed by atoms with Crippen molar-refractivity contribution < 1.29 is 24.6 Å². The van der Waals surface area contributed by atoms with Crippen molar-refractivity contribution in [1.82, 2.24) is 10.4 Å². The Kier molecular flexibility index (Phi) is 8.06. The Morgan fingerprint density at radius 3 is 2.63 bits per heavy atom. The SMILES string of the molecule is COc1ccc(CCC[C@@H](C(=O)N2CCC[C@@H](C)C2)[C@H](O)C(=O)NO)cc1. The zero-order chi connectivity index (χ0) is 19.8. The Bertz CT molecular complexity index is 619. The maximum atomic E-state index is 12.9. The molecule has 7 heteroatoms. The summed E-state index contributed by atoms with van der Waals surface area (Å²) in [6.07, 6.45) is 2.17. The molecule has 150 valence electrons. The van der Waals surface area contributed by atoms with Gasteiger partial charge < -0.3 is 14.7 Å². The second kappa shape index (κ2) is 10.3. The summed E-state index contributed by atoms with van der Waals surface area (Å²) < 4.78 is 5.14. The number of hydrogen-bond acceptors (Lipinski definition) is 5. The average molecular weight is 378 g/mol. The van der Waals surface area contributed by atoms with Crippen LogP contribution in [-0.2, 0) is 16.0 Å². The number of aliphatic hydroxyl groups excluding tert-OH is 1. The largest absolute Gasteiger partial charge is 0.497 e. The van der Waals surface area contributed by atoms with Crippen LogP contribution in [0, 0.1) is 11.8 Å². The minimum Gasteiger partial charge on any atom is -0.497 e. The molecule has 2 amide bonds. The van der Waals surface area contributed by atoms with Gasteiger partial charge in [0.1, 0.15) is 11.9 Å². The third kappa shape index (κ3) is 5.94. The molecule has 1 fully saturated rings. The fourth-order valence-corrected chi connectivity index (χ4v) is 3.61. The fourth-order valence-electron chi connectivity index (χ4n) is 3.61. The Labute approximate surface area is 160 Å². The zero-order valence-electron chi connectivity index (χ0n) is 16.1. The number of nitrogens with zero attached hydrogens (tertiary/aromatic N) is 1. The van der Waals surface area contributed by atoms with E-state index in [9.17, 15) is 14.7 Å². The number of nitrogens with one attached hydrogen (secondary N) is 1. The molecule has 1 aliphatic heterocycles. The highest BCUT2D eigenvalue weighted by molar-refractivity contribution is 5.88. The van der Waals surface area contributed by atoms with Crippen LogP contribution in [-0.4, -0.2) is 53.3 Å². The van der Waals surface area contributed by atoms with E-state index in [4.69, 9.17) is 9.94 Å². The van der Waals surface area contributed by atoms with E-state index in [2.05, 4.69) is 6.92 Å². The van der Waals surface area contributed by atoms with Crippen LogP contribution in [0.1, 0.15) is 38.2 Å². The third-order valence-electron chi connectivity index (χ3n) is 5.19. The molecule has 27 heavy (non-hydrogen) atoms. The molecule has 1 aliphatic rings. The predicted octanol–water partition coefficient (Wildman–Crippen LogP) is 1.76. The van der Waals surface area contributed by atoms with Gasteiger partial charge in [-0.3, -0.25) is 14.8 Å². The molecule has 2 rings (SSSR count). The van der Waals surface area contributed by atoms with Gasteiger partial charge in [0.05, 0.1) is 13.0 Å². The smallest absolute Gasteiger partial charge is 0.272 e. The van der Waals surface area contributed by atoms with E-state index in [1.54, 1.807) is 12.0 Å². The lowest BCUT2D eigenvalue weighted by atomic mass is 9.91. The third-order valence-corrected chi connectivity index (χ3v) is 5.19. The number of hydrogen-bond donors (Lipinski definition) is 3. The maximum Gasteiger partial charge on any atom is 0.272 e. The van der Waals surface area contributed by atoms with Crippen molar-refractivity contribution in [2.45, 2.75) is 45.1 Å². The lowest BCUT2D eigenvalue weighted by Crippen LogP contribution is -2.49. The van der Waals surface area contributed by atoms with E-state index in [0.717, 1.165) is 30.6 Å². The van der Waals surface area contributed by atoms with Crippen molar-refractivity contribution >= 4 is 11.8 Å². The highest BCUT2D eigenvalue weighted by Crippen LogP contribution is 2.23. The van der Waals surface area contributed by atoms with Crippen LogP contribution in [0.25, 0.3) is 0 Å². The van der Waals surface area contributed by atoms with Crippen LogP contribution < -0.4 is 10.2 Å². The number of carbonyl (C=O) groups is 2. The number of ether oxygens (including phenoxy) is 1. The molecule has 3 N–H and O–H groups in total. The molecule has 1 heterocycles. The van der Waals surface area contributed by atoms with E-state index in [1.807, 2.05) is 24.3 Å². The lowest BCUT2D eigenvalue weighted by Gasteiger charge is -2.34. The number of hydroxylamine groups is 1. The van der Waals surface area contributed by atoms with Crippen LogP contribution >= 0.6 is 0 Å². The highest BCUT2D eigenvalue weighted by Gasteiger charge is 2.35.